The third-order valence-corrected chi connectivity index (χ3v) is 4.94. The largest absolute Gasteiger partial charge is 0.473 e. The molecule has 106 valence electrons. The van der Waals surface area contributed by atoms with Crippen LogP contribution in [0, 0.1) is 0 Å². The number of hydrogen-bond donors (Lipinski definition) is 0. The Kier molecular flexibility index (Phi) is 3.13. The second-order valence-corrected chi connectivity index (χ2v) is 6.21. The van der Waals surface area contributed by atoms with E-state index in [9.17, 15) is 0 Å². The maximum absolute atomic E-state index is 6.10. The molecule has 2 heterocycles. The van der Waals surface area contributed by atoms with Gasteiger partial charge in [-0.1, -0.05) is 12.1 Å². The van der Waals surface area contributed by atoms with Crippen LogP contribution in [-0.4, -0.2) is 29.5 Å². The zero-order chi connectivity index (χ0) is 13.4. The second-order valence-electron chi connectivity index (χ2n) is 5.41. The lowest BCUT2D eigenvalue weighted by Crippen LogP contribution is -2.38. The van der Waals surface area contributed by atoms with Gasteiger partial charge in [-0.2, -0.15) is 4.37 Å². The monoisotopic (exact) mass is 291 g/mol. The fraction of sp³-hybridized carbons (Fsp3) is 0.533. The van der Waals surface area contributed by atoms with Crippen LogP contribution in [0.15, 0.2) is 24.3 Å². The van der Waals surface area contributed by atoms with Crippen LogP contribution in [0.3, 0.4) is 0 Å². The molecule has 0 radical (unpaired) electrons. The molecule has 1 aromatic carbocycles. The van der Waals surface area contributed by atoms with Gasteiger partial charge in [-0.15, -0.1) is 0 Å². The zero-order valence-electron chi connectivity index (χ0n) is 11.2. The number of benzene rings is 1. The van der Waals surface area contributed by atoms with Crippen molar-refractivity contribution in [2.45, 2.75) is 37.6 Å². The van der Waals surface area contributed by atoms with Crippen molar-refractivity contribution < 1.29 is 14.2 Å². The Morgan fingerprint density at radius 2 is 1.90 bits per heavy atom. The maximum atomic E-state index is 6.10. The molecule has 0 bridgehead atoms. The van der Waals surface area contributed by atoms with E-state index in [4.69, 9.17) is 14.2 Å². The van der Waals surface area contributed by atoms with E-state index in [-0.39, 0.29) is 11.9 Å². The molecule has 2 aromatic rings. The van der Waals surface area contributed by atoms with Crippen molar-refractivity contribution in [3.05, 3.63) is 24.3 Å². The minimum absolute atomic E-state index is 0.221. The highest BCUT2D eigenvalue weighted by molar-refractivity contribution is 7.13. The highest BCUT2D eigenvalue weighted by atomic mass is 32.1. The van der Waals surface area contributed by atoms with Gasteiger partial charge in [-0.05, 0) is 36.5 Å². The van der Waals surface area contributed by atoms with Crippen molar-refractivity contribution in [3.63, 3.8) is 0 Å². The number of fused-ring (bicyclic) bond motifs is 1. The van der Waals surface area contributed by atoms with Crippen molar-refractivity contribution in [1.29, 1.82) is 0 Å². The Morgan fingerprint density at radius 1 is 1.15 bits per heavy atom. The predicted molar refractivity (Wildman–Crippen MR) is 77.1 cm³/mol. The minimum Gasteiger partial charge on any atom is -0.473 e. The highest BCUT2D eigenvalue weighted by Crippen LogP contribution is 2.38. The Balaban J connectivity index is 1.45. The van der Waals surface area contributed by atoms with Crippen molar-refractivity contribution in [2.24, 2.45) is 0 Å². The molecule has 1 aromatic heterocycles. The molecule has 1 saturated heterocycles. The summed E-state index contributed by atoms with van der Waals surface area (Å²) in [6.07, 6.45) is 3.98. The normalized spacial score (nSPS) is 22.6. The number of rotatable bonds is 2. The SMILES string of the molecule is c1ccc2c(OC3CCC4(CC3)OCCO4)nsc2c1. The Morgan fingerprint density at radius 3 is 2.70 bits per heavy atom. The third-order valence-electron chi connectivity index (χ3n) is 4.13. The summed E-state index contributed by atoms with van der Waals surface area (Å²) < 4.78 is 23.2. The quantitative estimate of drug-likeness (QED) is 0.850. The molecule has 1 saturated carbocycles. The molecule has 4 nitrogen and oxygen atoms in total. The summed E-state index contributed by atoms with van der Waals surface area (Å²) in [5.74, 6) is 0.462. The lowest BCUT2D eigenvalue weighted by molar-refractivity contribution is -0.186. The Labute approximate surface area is 121 Å². The van der Waals surface area contributed by atoms with Gasteiger partial charge in [0.05, 0.1) is 23.3 Å². The van der Waals surface area contributed by atoms with Gasteiger partial charge in [0.1, 0.15) is 6.10 Å². The van der Waals surface area contributed by atoms with Gasteiger partial charge in [0.15, 0.2) is 5.79 Å². The molecule has 0 unspecified atom stereocenters. The molecular weight excluding hydrogens is 274 g/mol. The van der Waals surface area contributed by atoms with Gasteiger partial charge < -0.3 is 14.2 Å². The van der Waals surface area contributed by atoms with Crippen LogP contribution in [0.25, 0.3) is 10.1 Å². The molecular formula is C15H17NO3S. The predicted octanol–water partition coefficient (Wildman–Crippen LogP) is 3.36. The van der Waals surface area contributed by atoms with E-state index < -0.39 is 0 Å². The first-order chi connectivity index (χ1) is 9.85. The van der Waals surface area contributed by atoms with Crippen molar-refractivity contribution in [2.75, 3.05) is 13.2 Å². The summed E-state index contributed by atoms with van der Waals surface area (Å²) in [5.41, 5.74) is 0. The number of aromatic nitrogens is 1. The summed E-state index contributed by atoms with van der Waals surface area (Å²) >= 11 is 1.50. The molecule has 1 aliphatic carbocycles. The first kappa shape index (κ1) is 12.6. The number of hydrogen-bond acceptors (Lipinski definition) is 5. The fourth-order valence-electron chi connectivity index (χ4n) is 3.04. The second kappa shape index (κ2) is 4.98. The van der Waals surface area contributed by atoms with Crippen LogP contribution in [0.1, 0.15) is 25.7 Å². The average Bonchev–Trinajstić information content (AvgIpc) is 3.10. The average molecular weight is 291 g/mol. The smallest absolute Gasteiger partial charge is 0.233 e. The molecule has 2 aliphatic rings. The Hall–Kier alpha value is -1.17. The van der Waals surface area contributed by atoms with E-state index >= 15 is 0 Å². The third kappa shape index (κ3) is 2.20. The van der Waals surface area contributed by atoms with Crippen molar-refractivity contribution in [1.82, 2.24) is 4.37 Å². The molecule has 0 amide bonds. The van der Waals surface area contributed by atoms with Gasteiger partial charge in [0.25, 0.3) is 0 Å². The summed E-state index contributed by atoms with van der Waals surface area (Å²) in [7, 11) is 0. The molecule has 4 rings (SSSR count). The van der Waals surface area contributed by atoms with E-state index in [2.05, 4.69) is 16.5 Å². The summed E-state index contributed by atoms with van der Waals surface area (Å²) in [4.78, 5) is 0. The lowest BCUT2D eigenvalue weighted by atomic mass is 9.92. The standard InChI is InChI=1S/C15H17NO3S/c1-2-4-13-12(3-1)14(16-20-13)19-11-5-7-15(8-6-11)17-9-10-18-15/h1-4,11H,5-10H2. The highest BCUT2D eigenvalue weighted by Gasteiger charge is 2.41. The Bertz CT molecular complexity index is 596. The number of nitrogens with zero attached hydrogens (tertiary/aromatic N) is 1. The summed E-state index contributed by atoms with van der Waals surface area (Å²) in [6, 6.07) is 8.21. The van der Waals surface area contributed by atoms with Gasteiger partial charge in [-0.3, -0.25) is 0 Å². The fourth-order valence-corrected chi connectivity index (χ4v) is 3.76. The topological polar surface area (TPSA) is 40.6 Å². The molecule has 0 atom stereocenters. The van der Waals surface area contributed by atoms with Gasteiger partial charge in [0, 0.05) is 12.8 Å². The molecule has 2 fully saturated rings. The summed E-state index contributed by atoms with van der Waals surface area (Å²) in [5, 5.41) is 1.12. The van der Waals surface area contributed by atoms with E-state index in [1.807, 2.05) is 12.1 Å². The van der Waals surface area contributed by atoms with Crippen LogP contribution in [-0.2, 0) is 9.47 Å². The zero-order valence-corrected chi connectivity index (χ0v) is 12.0. The van der Waals surface area contributed by atoms with E-state index in [1.54, 1.807) is 0 Å². The lowest BCUT2D eigenvalue weighted by Gasteiger charge is -2.35. The van der Waals surface area contributed by atoms with Crippen molar-refractivity contribution in [3.8, 4) is 5.88 Å². The van der Waals surface area contributed by atoms with Crippen molar-refractivity contribution >= 4 is 21.6 Å². The van der Waals surface area contributed by atoms with Gasteiger partial charge in [0.2, 0.25) is 5.88 Å². The number of ether oxygens (including phenoxy) is 3. The van der Waals surface area contributed by atoms with Gasteiger partial charge >= 0.3 is 0 Å². The molecule has 5 heteroatoms. The van der Waals surface area contributed by atoms with Crippen LogP contribution >= 0.6 is 11.5 Å². The first-order valence-electron chi connectivity index (χ1n) is 7.14. The molecule has 20 heavy (non-hydrogen) atoms. The first-order valence-corrected chi connectivity index (χ1v) is 7.91. The molecule has 1 spiro atoms. The molecule has 1 aliphatic heterocycles. The van der Waals surface area contributed by atoms with Crippen LogP contribution in [0.4, 0.5) is 0 Å². The van der Waals surface area contributed by atoms with E-state index in [0.29, 0.717) is 0 Å². The van der Waals surface area contributed by atoms with Crippen LogP contribution in [0.5, 0.6) is 5.88 Å². The summed E-state index contributed by atoms with van der Waals surface area (Å²) in [6.45, 7) is 1.45. The molecule has 0 N–H and O–H groups in total. The van der Waals surface area contributed by atoms with E-state index in [1.165, 1.54) is 16.2 Å². The van der Waals surface area contributed by atoms with Gasteiger partial charge in [-0.25, -0.2) is 0 Å². The maximum Gasteiger partial charge on any atom is 0.233 e. The van der Waals surface area contributed by atoms with E-state index in [0.717, 1.165) is 50.2 Å². The van der Waals surface area contributed by atoms with Crippen LogP contribution < -0.4 is 4.74 Å². The van der Waals surface area contributed by atoms with Crippen LogP contribution in [0.2, 0.25) is 0 Å². The minimum atomic E-state index is -0.315.